The lowest BCUT2D eigenvalue weighted by Crippen LogP contribution is -2.60. The molecule has 2 saturated heterocycles. The molecule has 14 nitrogen and oxygen atoms in total. The zero-order chi connectivity index (χ0) is 33.3. The van der Waals surface area contributed by atoms with Crippen molar-refractivity contribution in [2.45, 2.75) is 41.9 Å². The molecule has 2 N–H and O–H groups in total. The summed E-state index contributed by atoms with van der Waals surface area (Å²) in [6, 6.07) is 8.95. The molecule has 0 radical (unpaired) electrons. The van der Waals surface area contributed by atoms with Crippen LogP contribution in [0.4, 0.5) is 23.7 Å². The number of piperidine rings is 2. The van der Waals surface area contributed by atoms with Gasteiger partial charge in [-0.2, -0.15) is 18.2 Å². The zero-order valence-corrected chi connectivity index (χ0v) is 25.4. The normalized spacial score (nSPS) is 23.6. The van der Waals surface area contributed by atoms with Crippen LogP contribution >= 0.6 is 0 Å². The zero-order valence-electron chi connectivity index (χ0n) is 24.6. The number of nitrogens with two attached hydrogens (primary N) is 1. The number of fused-ring (bicyclic) bond motifs is 3. The fourth-order valence-electron chi connectivity index (χ4n) is 6.51. The van der Waals surface area contributed by atoms with Crippen LogP contribution in [-0.4, -0.2) is 77.7 Å². The number of hydrogen-bond acceptors (Lipinski definition) is 12. The summed E-state index contributed by atoms with van der Waals surface area (Å²) in [7, 11) is -2.67. The van der Waals surface area contributed by atoms with Gasteiger partial charge in [0.1, 0.15) is 0 Å². The topological polar surface area (TPSA) is 188 Å². The van der Waals surface area contributed by atoms with Crippen molar-refractivity contribution in [2.75, 3.05) is 30.9 Å². The first-order valence-electron chi connectivity index (χ1n) is 14.4. The molecule has 0 unspecified atom stereocenters. The van der Waals surface area contributed by atoms with Crippen LogP contribution in [0.1, 0.15) is 30.2 Å². The second-order valence-electron chi connectivity index (χ2n) is 11.9. The molecule has 1 aliphatic carbocycles. The van der Waals surface area contributed by atoms with Crippen molar-refractivity contribution in [3.63, 3.8) is 0 Å². The molecule has 4 aliphatic rings. The van der Waals surface area contributed by atoms with Gasteiger partial charge in [-0.3, -0.25) is 4.79 Å². The highest BCUT2D eigenvalue weighted by Gasteiger charge is 2.55. The van der Waals surface area contributed by atoms with Crippen molar-refractivity contribution in [2.24, 2.45) is 11.7 Å². The number of alkyl halides is 3. The first-order valence-corrected chi connectivity index (χ1v) is 16.0. The maximum atomic E-state index is 13.5. The number of nitrogens with zero attached hydrogens (tertiary/aromatic N) is 6. The van der Waals surface area contributed by atoms with Crippen LogP contribution in [0.5, 0.6) is 0 Å². The van der Waals surface area contributed by atoms with Gasteiger partial charge in [0.05, 0.1) is 41.4 Å². The fourth-order valence-corrected chi connectivity index (χ4v) is 8.07. The molecular weight excluding hydrogens is 647 g/mol. The fraction of sp³-hybridized carbons (Fsp3) is 0.379. The van der Waals surface area contributed by atoms with E-state index in [1.807, 2.05) is 0 Å². The quantitative estimate of drug-likeness (QED) is 0.326. The summed E-state index contributed by atoms with van der Waals surface area (Å²) in [6.45, 7) is 0.816. The summed E-state index contributed by atoms with van der Waals surface area (Å²) in [5.74, 6) is -2.31. The summed E-state index contributed by atoms with van der Waals surface area (Å²) < 4.78 is 80.5. The molecule has 4 aromatic rings. The standard InChI is InChI=1S/C29H26F3N7O7S/c1-44-27(41)38-11-16-9-28(10-16,14-38)25-36-35-23(45-25)18-6-7-21-20(8-18)39(24(40)19(33)13-47(21,42)43)12-15-2-4-17(5-3-15)22-34-26(46-37-22)29(30,31)32/h2-8,16,19H,9-14,33H2,1H3/t16?,19-,28?/m0/s1. The Morgan fingerprint density at radius 3 is 2.53 bits per heavy atom. The van der Waals surface area contributed by atoms with Gasteiger partial charge in [-0.05, 0) is 42.5 Å². The number of aromatic nitrogens is 4. The molecule has 3 fully saturated rings. The molecule has 5 heterocycles. The predicted octanol–water partition coefficient (Wildman–Crippen LogP) is 3.18. The van der Waals surface area contributed by atoms with Crippen molar-refractivity contribution in [3.05, 3.63) is 59.8 Å². The molecule has 2 aromatic heterocycles. The SMILES string of the molecule is COC(=O)N1CC2CC(c3nnc(-c4ccc5c(c4)N(Cc4ccc(-c6noc(C(F)(F)F)n6)cc4)C(=O)[C@@H](N)CS5(=O)=O)o3)(C2)C1. The van der Waals surface area contributed by atoms with Crippen LogP contribution in [0.15, 0.2) is 56.3 Å². The number of hydrogen-bond donors (Lipinski definition) is 1. The van der Waals surface area contributed by atoms with E-state index in [2.05, 4.69) is 24.9 Å². The average Bonchev–Trinajstić information content (AvgIpc) is 3.73. The van der Waals surface area contributed by atoms with Gasteiger partial charge in [0, 0.05) is 24.2 Å². The highest BCUT2D eigenvalue weighted by Crippen LogP contribution is 2.52. The summed E-state index contributed by atoms with van der Waals surface area (Å²) in [5.41, 5.74) is 6.67. The smallest absolute Gasteiger partial charge is 0.453 e. The summed E-state index contributed by atoms with van der Waals surface area (Å²) in [4.78, 5) is 31.8. The molecule has 2 bridgehead atoms. The van der Waals surface area contributed by atoms with Gasteiger partial charge in [0.25, 0.3) is 0 Å². The van der Waals surface area contributed by atoms with Crippen LogP contribution < -0.4 is 10.6 Å². The lowest BCUT2D eigenvalue weighted by molar-refractivity contribution is -0.159. The molecule has 246 valence electrons. The molecule has 47 heavy (non-hydrogen) atoms. The number of anilines is 1. The van der Waals surface area contributed by atoms with Crippen molar-refractivity contribution >= 4 is 27.5 Å². The predicted molar refractivity (Wildman–Crippen MR) is 154 cm³/mol. The van der Waals surface area contributed by atoms with Gasteiger partial charge >= 0.3 is 18.2 Å². The maximum Gasteiger partial charge on any atom is 0.471 e. The Morgan fingerprint density at radius 2 is 1.85 bits per heavy atom. The van der Waals surface area contributed by atoms with Gasteiger partial charge in [0.15, 0.2) is 9.84 Å². The van der Waals surface area contributed by atoms with E-state index in [4.69, 9.17) is 14.9 Å². The Labute approximate surface area is 264 Å². The van der Waals surface area contributed by atoms with Crippen LogP contribution in [0.2, 0.25) is 0 Å². The maximum absolute atomic E-state index is 13.5. The summed E-state index contributed by atoms with van der Waals surface area (Å²) >= 11 is 0. The van der Waals surface area contributed by atoms with Crippen LogP contribution in [0, 0.1) is 5.92 Å². The van der Waals surface area contributed by atoms with Gasteiger partial charge < -0.3 is 29.2 Å². The van der Waals surface area contributed by atoms with E-state index in [0.717, 1.165) is 12.8 Å². The second kappa shape index (κ2) is 10.9. The molecule has 1 saturated carbocycles. The minimum atomic E-state index is -4.80. The van der Waals surface area contributed by atoms with Crippen molar-refractivity contribution in [1.82, 2.24) is 25.2 Å². The van der Waals surface area contributed by atoms with Gasteiger partial charge in [0.2, 0.25) is 23.5 Å². The molecule has 1 atom stereocenters. The lowest BCUT2D eigenvalue weighted by atomic mass is 9.58. The van der Waals surface area contributed by atoms with Crippen LogP contribution in [0.25, 0.3) is 22.8 Å². The lowest BCUT2D eigenvalue weighted by Gasteiger charge is -2.53. The van der Waals surface area contributed by atoms with Gasteiger partial charge in [-0.15, -0.1) is 10.2 Å². The molecule has 8 rings (SSSR count). The number of benzene rings is 2. The number of ether oxygens (including phenoxy) is 1. The Bertz CT molecular complexity index is 1990. The second-order valence-corrected chi connectivity index (χ2v) is 13.9. The number of sulfone groups is 1. The number of amides is 2. The van der Waals surface area contributed by atoms with Crippen LogP contribution in [0.3, 0.4) is 0 Å². The largest absolute Gasteiger partial charge is 0.471 e. The average molecular weight is 674 g/mol. The van der Waals surface area contributed by atoms with E-state index in [1.54, 1.807) is 4.90 Å². The monoisotopic (exact) mass is 673 g/mol. The molecule has 2 amide bonds. The Morgan fingerprint density at radius 1 is 1.13 bits per heavy atom. The minimum absolute atomic E-state index is 0.0497. The van der Waals surface area contributed by atoms with Crippen LogP contribution in [-0.2, 0) is 37.5 Å². The number of carbonyl (C=O) groups excluding carboxylic acids is 2. The molecule has 3 aliphatic heterocycles. The third kappa shape index (κ3) is 5.40. The number of rotatable bonds is 5. The Balaban J connectivity index is 1.20. The number of methoxy groups -OCH3 is 1. The highest BCUT2D eigenvalue weighted by atomic mass is 32.2. The third-order valence-electron chi connectivity index (χ3n) is 8.68. The van der Waals surface area contributed by atoms with E-state index >= 15 is 0 Å². The number of carbonyl (C=O) groups is 2. The first-order chi connectivity index (χ1) is 22.3. The van der Waals surface area contributed by atoms with Crippen molar-refractivity contribution < 1.29 is 44.9 Å². The van der Waals surface area contributed by atoms with E-state index < -0.39 is 51.1 Å². The van der Waals surface area contributed by atoms with Gasteiger partial charge in [-0.1, -0.05) is 29.4 Å². The first kappa shape index (κ1) is 30.8. The summed E-state index contributed by atoms with van der Waals surface area (Å²) in [6.07, 6.45) is -3.71. The van der Waals surface area contributed by atoms with E-state index in [1.165, 1.54) is 54.5 Å². The molecule has 0 spiro atoms. The third-order valence-corrected chi connectivity index (χ3v) is 10.5. The van der Waals surface area contributed by atoms with Crippen molar-refractivity contribution in [3.8, 4) is 22.8 Å². The Kier molecular flexibility index (Phi) is 7.12. The summed E-state index contributed by atoms with van der Waals surface area (Å²) in [5, 5.41) is 11.9. The van der Waals surface area contributed by atoms with Gasteiger partial charge in [-0.25, -0.2) is 13.2 Å². The number of halogens is 3. The Hall–Kier alpha value is -4.84. The minimum Gasteiger partial charge on any atom is -0.453 e. The van der Waals surface area contributed by atoms with Crippen molar-refractivity contribution in [1.29, 1.82) is 0 Å². The van der Waals surface area contributed by atoms with E-state index in [9.17, 15) is 31.2 Å². The molecule has 2 aromatic carbocycles. The highest BCUT2D eigenvalue weighted by molar-refractivity contribution is 7.91. The molecule has 18 heteroatoms. The van der Waals surface area contributed by atoms with E-state index in [-0.39, 0.29) is 40.3 Å². The van der Waals surface area contributed by atoms with E-state index in [0.29, 0.717) is 30.1 Å². The molecular formula is C29H26F3N7O7S.